The van der Waals surface area contributed by atoms with E-state index in [2.05, 4.69) is 109 Å². The summed E-state index contributed by atoms with van der Waals surface area (Å²) >= 11 is 0. The van der Waals surface area contributed by atoms with Crippen LogP contribution in [0.25, 0.3) is 0 Å². The smallest absolute Gasteiger partial charge is 0.303 e. The number of nitrogens with two attached hydrogens (primary N) is 4. The predicted octanol–water partition coefficient (Wildman–Crippen LogP) is 17.3. The van der Waals surface area contributed by atoms with Gasteiger partial charge >= 0.3 is 5.97 Å². The number of carboxylic acids is 1. The van der Waals surface area contributed by atoms with Gasteiger partial charge in [-0.25, -0.2) is 15.0 Å². The number of para-hydroxylation sites is 3. The molecule has 17 N–H and O–H groups in total. The Labute approximate surface area is 707 Å². The molecular formula is C99H155N9O10. The first-order valence-electron chi connectivity index (χ1n) is 46.9. The van der Waals surface area contributed by atoms with E-state index in [1.807, 2.05) is 91.0 Å². The van der Waals surface area contributed by atoms with Crippen LogP contribution < -0.4 is 33.6 Å². The second kappa shape index (κ2) is 38.0. The number of aliphatic carboxylic acids is 1. The van der Waals surface area contributed by atoms with Gasteiger partial charge in [-0.3, -0.25) is 25.0 Å². The lowest BCUT2D eigenvalue weighted by molar-refractivity contribution is -0.203. The number of hydrogen-bond donors (Lipinski definition) is 13. The zero-order valence-corrected chi connectivity index (χ0v) is 74.0. The summed E-state index contributed by atoms with van der Waals surface area (Å²) in [6.45, 7) is 28.6. The molecule has 3 aromatic rings. The van der Waals surface area contributed by atoms with Crippen LogP contribution in [0.5, 0.6) is 0 Å². The highest BCUT2D eigenvalue weighted by atomic mass is 16.4. The number of rotatable bonds is 18. The standard InChI is InChI=1S/2C33H51N3O3.C26H44O4.C7H9N3/c2*1-5-23-27-19-22(37)15-17-33(27,4)26-16-18-32(3)24(12-13-25(32)29(26)30(23)39)20(2)11-14-28(38)36-31(34)35-21-9-7-6-8-10-21;1-5-17-21-14-16(27)10-12-26(21,4)20-11-13-25(3)18(15(2)6-9-22(28)29)7-8-19(25)23(20)24(17)30;8-7(9)10-6-4-2-1-3-5-6/h2*6-10,20,22-27,29-30,37,39H,5,11-19H2,1-4H3,(H3,34,35,36,38);15-21,23-24,27,30H,5-14H2,1-4H3,(H,28,29);1-5H,(H4,8,9,10)/t2*20-,22-,23-,24?,25+,26+,27?,29+,30-,32?,33?;15-,16-,17-,18?,19+,20+,21?,23+,24-,25?,26?;/m111./s1. The van der Waals surface area contributed by atoms with Gasteiger partial charge in [-0.15, -0.1) is 0 Å². The lowest BCUT2D eigenvalue weighted by atomic mass is 9.41. The Balaban J connectivity index is 0.000000154. The topological polar surface area (TPSA) is 358 Å². The number of aliphatic hydroxyl groups excluding tert-OH is 6. The van der Waals surface area contributed by atoms with E-state index in [1.54, 1.807) is 0 Å². The van der Waals surface area contributed by atoms with Crippen molar-refractivity contribution in [3.8, 4) is 0 Å². The van der Waals surface area contributed by atoms with Gasteiger partial charge in [-0.2, -0.15) is 0 Å². The number of carboxylic acid groups (broad SMARTS) is 1. The van der Waals surface area contributed by atoms with Crippen LogP contribution in [0.4, 0.5) is 17.1 Å². The maximum absolute atomic E-state index is 12.7. The molecule has 0 saturated heterocycles. The van der Waals surface area contributed by atoms with Crippen molar-refractivity contribution in [1.29, 1.82) is 0 Å². The number of guanidine groups is 3. The van der Waals surface area contributed by atoms with Crippen LogP contribution >= 0.6 is 0 Å². The van der Waals surface area contributed by atoms with E-state index in [-0.39, 0.29) is 117 Å². The molecule has 0 spiro atoms. The first kappa shape index (κ1) is 91.3. The number of aliphatic hydroxyl groups is 6. The fourth-order valence-electron chi connectivity index (χ4n) is 30.9. The Bertz CT molecular complexity index is 3740. The average molecular weight is 1630 g/mol. The Morgan fingerprint density at radius 3 is 0.907 bits per heavy atom. The van der Waals surface area contributed by atoms with E-state index in [0.29, 0.717) is 125 Å². The minimum Gasteiger partial charge on any atom is -0.481 e. The van der Waals surface area contributed by atoms with Crippen LogP contribution in [0.15, 0.2) is 106 Å². The summed E-state index contributed by atoms with van der Waals surface area (Å²) in [6.07, 6.45) is 28.2. The summed E-state index contributed by atoms with van der Waals surface area (Å²) in [6, 6.07) is 28.2. The number of nitrogens with zero attached hydrogens (tertiary/aromatic N) is 3. The lowest BCUT2D eigenvalue weighted by Gasteiger charge is -2.64. The molecule has 12 fully saturated rings. The zero-order chi connectivity index (χ0) is 85.1. The van der Waals surface area contributed by atoms with Crippen molar-refractivity contribution in [3.63, 3.8) is 0 Å². The molecule has 0 heterocycles. The maximum Gasteiger partial charge on any atom is 0.303 e. The minimum atomic E-state index is -0.683. The Hall–Kier alpha value is -5.96. The van der Waals surface area contributed by atoms with E-state index >= 15 is 0 Å². The lowest BCUT2D eigenvalue weighted by Crippen LogP contribution is -2.62. The van der Waals surface area contributed by atoms with Crippen molar-refractivity contribution < 1.29 is 50.1 Å². The third-order valence-electron chi connectivity index (χ3n) is 36.5. The summed E-state index contributed by atoms with van der Waals surface area (Å²) in [5.74, 6) is 9.16. The van der Waals surface area contributed by atoms with Gasteiger partial charge in [-0.05, 0) is 347 Å². The molecule has 656 valence electrons. The fraction of sp³-hybridized carbons (Fsp3) is 0.758. The molecular weight excluding hydrogens is 1480 g/mol. The van der Waals surface area contributed by atoms with Crippen LogP contribution in [0.2, 0.25) is 0 Å². The number of benzene rings is 3. The summed E-state index contributed by atoms with van der Waals surface area (Å²) < 4.78 is 0. The van der Waals surface area contributed by atoms with Crippen LogP contribution in [0, 0.1) is 157 Å². The van der Waals surface area contributed by atoms with Gasteiger partial charge in [0.05, 0.1) is 53.7 Å². The molecule has 33 atom stereocenters. The van der Waals surface area contributed by atoms with Gasteiger partial charge in [0.15, 0.2) is 5.96 Å². The van der Waals surface area contributed by atoms with Gasteiger partial charge in [0, 0.05) is 19.3 Å². The van der Waals surface area contributed by atoms with Crippen molar-refractivity contribution >= 4 is 52.7 Å². The van der Waals surface area contributed by atoms with Gasteiger partial charge in [0.1, 0.15) is 0 Å². The Kier molecular flexibility index (Phi) is 29.4. The van der Waals surface area contributed by atoms with Crippen molar-refractivity contribution in [2.75, 3.05) is 0 Å². The molecule has 0 radical (unpaired) electrons. The molecule has 12 aliphatic carbocycles. The second-order valence-electron chi connectivity index (χ2n) is 41.9. The SMILES string of the molecule is CC[C@@H]1C2C[C@H](O)CCC2(C)[C@H]2CCC3(C)C([C@H](C)CCC(=O)NC(N)=Nc4ccccc4)CC[C@H]3[C@@H]2[C@@H]1O.CC[C@@H]1C2C[C@H](O)CCC2(C)[C@H]2CCC3(C)C([C@H](C)CCC(=O)NC(N)=Nc4ccccc4)CC[C@H]3[C@@H]2[C@@H]1O.CC[C@@H]1C2C[C@H](O)CCC2(C)[C@H]2CCC3(C)C([C@H](C)CCC(=O)O)CC[C@H]3[C@@H]2[C@@H]1O.NC(N)=Nc1ccccc1. The summed E-state index contributed by atoms with van der Waals surface area (Å²) in [7, 11) is 0. The highest BCUT2D eigenvalue weighted by Crippen LogP contribution is 2.74. The average Bonchev–Trinajstić information content (AvgIpc) is 1.36. The van der Waals surface area contributed by atoms with E-state index < -0.39 is 5.97 Å². The number of carbonyl (C=O) groups excluding carboxylic acids is 2. The Morgan fingerprint density at radius 1 is 0.373 bits per heavy atom. The molecule has 19 heteroatoms. The highest BCUT2D eigenvalue weighted by molar-refractivity contribution is 5.97. The molecule has 19 nitrogen and oxygen atoms in total. The number of nitrogens with one attached hydrogen (secondary N) is 2. The van der Waals surface area contributed by atoms with E-state index in [1.165, 1.54) is 77.0 Å². The quantitative estimate of drug-likeness (QED) is 0.0416. The molecule has 0 aliphatic heterocycles. The summed E-state index contributed by atoms with van der Waals surface area (Å²) in [5.41, 5.74) is 25.9. The van der Waals surface area contributed by atoms with E-state index in [0.717, 1.165) is 113 Å². The van der Waals surface area contributed by atoms with Crippen LogP contribution in [0.1, 0.15) is 276 Å². The van der Waals surface area contributed by atoms with E-state index in [4.69, 9.17) is 28.0 Å². The number of aliphatic imine (C=N–C) groups is 3. The van der Waals surface area contributed by atoms with Gasteiger partial charge in [-0.1, -0.05) is 157 Å². The van der Waals surface area contributed by atoms with Crippen LogP contribution in [-0.2, 0) is 14.4 Å². The van der Waals surface area contributed by atoms with Crippen molar-refractivity contribution in [2.45, 2.75) is 312 Å². The Morgan fingerprint density at radius 2 is 0.636 bits per heavy atom. The largest absolute Gasteiger partial charge is 0.481 e. The molecule has 0 aromatic heterocycles. The van der Waals surface area contributed by atoms with Gasteiger partial charge in [0.25, 0.3) is 0 Å². The van der Waals surface area contributed by atoms with Crippen LogP contribution in [0.3, 0.4) is 0 Å². The number of carbonyl (C=O) groups is 3. The molecule has 12 saturated carbocycles. The predicted molar refractivity (Wildman–Crippen MR) is 472 cm³/mol. The molecule has 12 aliphatic rings. The first-order valence-corrected chi connectivity index (χ1v) is 46.9. The number of hydrogen-bond acceptors (Lipinski definition) is 12. The molecule has 0 bridgehead atoms. The van der Waals surface area contributed by atoms with Crippen LogP contribution in [-0.4, -0.2) is 108 Å². The molecule has 2 amide bonds. The highest BCUT2D eigenvalue weighted by Gasteiger charge is 2.69. The van der Waals surface area contributed by atoms with Crippen molar-refractivity contribution in [1.82, 2.24) is 10.6 Å². The third-order valence-corrected chi connectivity index (χ3v) is 36.5. The monoisotopic (exact) mass is 1630 g/mol. The maximum atomic E-state index is 12.7. The molecule has 118 heavy (non-hydrogen) atoms. The normalized spacial score (nSPS) is 42.1. The first-order chi connectivity index (χ1) is 56.1. The van der Waals surface area contributed by atoms with Gasteiger partial charge < -0.3 is 58.7 Å². The molecule has 15 rings (SSSR count). The zero-order valence-electron chi connectivity index (χ0n) is 74.0. The molecule has 12 unspecified atom stereocenters. The summed E-state index contributed by atoms with van der Waals surface area (Å²) in [5, 5.41) is 81.7. The summed E-state index contributed by atoms with van der Waals surface area (Å²) in [4.78, 5) is 48.9. The van der Waals surface area contributed by atoms with Gasteiger partial charge in [0.2, 0.25) is 23.7 Å². The minimum absolute atomic E-state index is 0.0746. The van der Waals surface area contributed by atoms with Crippen molar-refractivity contribution in [2.24, 2.45) is 195 Å². The number of amides is 2. The number of fused-ring (bicyclic) bond motifs is 15. The third kappa shape index (κ3) is 18.5. The van der Waals surface area contributed by atoms with E-state index in [9.17, 15) is 45.0 Å². The van der Waals surface area contributed by atoms with Crippen molar-refractivity contribution in [3.05, 3.63) is 91.0 Å². The molecule has 3 aromatic carbocycles. The fourth-order valence-corrected chi connectivity index (χ4v) is 30.9. The second-order valence-corrected chi connectivity index (χ2v) is 41.9.